The number of nitrogens with zero attached hydrogens (tertiary/aromatic N) is 3. The third-order valence-corrected chi connectivity index (χ3v) is 11.5. The van der Waals surface area contributed by atoms with E-state index in [0.717, 1.165) is 5.01 Å². The molecule has 2 bridgehead atoms. The predicted octanol–water partition coefficient (Wildman–Crippen LogP) is 6.25. The molecule has 0 radical (unpaired) electrons. The summed E-state index contributed by atoms with van der Waals surface area (Å²) in [6, 6.07) is 11.2. The number of para-hydroxylation sites is 1. The number of hydrazine groups is 1. The standard InChI is InChI=1S/C23H12Cl7N3O5/c24-12-7-5-10(6-8-12)18(34)31(9-11-3-1-2-4-13(11)33(37)38)32-19(35)14-15(20(32)36)22(28)17(26)16(25)21(14,27)23(22,29)30/h1-8,14-15H,9H2/t14-,15+,21-,22-/m1/s1. The number of carbonyl (C=O) groups is 3. The van der Waals surface area contributed by atoms with Gasteiger partial charge in [0.25, 0.3) is 23.4 Å². The summed E-state index contributed by atoms with van der Waals surface area (Å²) in [6.45, 7) is -0.540. The molecule has 1 saturated heterocycles. The number of alkyl halides is 4. The minimum Gasteiger partial charge on any atom is -0.272 e. The fraction of sp³-hybridized carbons (Fsp3) is 0.261. The van der Waals surface area contributed by atoms with Crippen LogP contribution in [0.2, 0.25) is 5.02 Å². The minimum absolute atomic E-state index is 0.0352. The maximum absolute atomic E-state index is 13.9. The highest BCUT2D eigenvalue weighted by Crippen LogP contribution is 2.77. The Hall–Kier alpha value is -1.78. The molecule has 0 unspecified atom stereocenters. The highest BCUT2D eigenvalue weighted by molar-refractivity contribution is 6.66. The summed E-state index contributed by atoms with van der Waals surface area (Å²) in [4.78, 5) is 48.3. The molecular weight excluding hydrogens is 646 g/mol. The van der Waals surface area contributed by atoms with E-state index in [4.69, 9.17) is 81.2 Å². The number of allylic oxidation sites excluding steroid dienone is 2. The second kappa shape index (κ2) is 9.13. The molecule has 1 heterocycles. The van der Waals surface area contributed by atoms with Crippen LogP contribution in [0.4, 0.5) is 5.69 Å². The monoisotopic (exact) mass is 655 g/mol. The predicted molar refractivity (Wildman–Crippen MR) is 144 cm³/mol. The Kier molecular flexibility index (Phi) is 6.67. The number of amides is 3. The first-order chi connectivity index (χ1) is 17.7. The van der Waals surface area contributed by atoms with Crippen molar-refractivity contribution in [3.8, 4) is 0 Å². The van der Waals surface area contributed by atoms with Crippen molar-refractivity contribution in [3.05, 3.63) is 84.9 Å². The van der Waals surface area contributed by atoms with Crippen molar-refractivity contribution in [2.75, 3.05) is 0 Å². The van der Waals surface area contributed by atoms with E-state index in [0.29, 0.717) is 10.0 Å². The zero-order valence-electron chi connectivity index (χ0n) is 18.5. The Balaban J connectivity index is 1.64. The molecule has 15 heteroatoms. The first kappa shape index (κ1) is 27.8. The number of hydrogen-bond acceptors (Lipinski definition) is 5. The van der Waals surface area contributed by atoms with Crippen LogP contribution < -0.4 is 0 Å². The SMILES string of the molecule is O=C(c1ccc(Cl)cc1)N(Cc1ccccc1[N+](=O)[O-])N1C(=O)[C@@H]2[C@H](C1=O)[C@@]1(Cl)C(Cl)=C(Cl)[C@@]2(Cl)C1(Cl)Cl. The van der Waals surface area contributed by atoms with Gasteiger partial charge in [-0.25, -0.2) is 5.01 Å². The highest BCUT2D eigenvalue weighted by Gasteiger charge is 2.88. The van der Waals surface area contributed by atoms with E-state index in [1.165, 1.54) is 48.5 Å². The summed E-state index contributed by atoms with van der Waals surface area (Å²) in [6.07, 6.45) is 0. The fourth-order valence-electron chi connectivity index (χ4n) is 5.18. The van der Waals surface area contributed by atoms with Gasteiger partial charge in [-0.3, -0.25) is 24.5 Å². The van der Waals surface area contributed by atoms with Gasteiger partial charge in [0.05, 0.1) is 38.9 Å². The van der Waals surface area contributed by atoms with Gasteiger partial charge in [0, 0.05) is 16.7 Å². The molecule has 1 saturated carbocycles. The zero-order chi connectivity index (χ0) is 27.9. The summed E-state index contributed by atoms with van der Waals surface area (Å²) < 4.78 is -2.16. The highest BCUT2D eigenvalue weighted by atomic mass is 35.5. The Bertz CT molecular complexity index is 1420. The van der Waals surface area contributed by atoms with Crippen LogP contribution in [-0.2, 0) is 16.1 Å². The Labute approximate surface area is 250 Å². The molecule has 2 aliphatic carbocycles. The van der Waals surface area contributed by atoms with Gasteiger partial charge in [0.2, 0.25) is 0 Å². The van der Waals surface area contributed by atoms with Gasteiger partial charge >= 0.3 is 0 Å². The van der Waals surface area contributed by atoms with Crippen molar-refractivity contribution < 1.29 is 19.3 Å². The van der Waals surface area contributed by atoms with E-state index >= 15 is 0 Å². The number of nitro benzene ring substituents is 1. The van der Waals surface area contributed by atoms with Gasteiger partial charge in [0.15, 0.2) is 4.33 Å². The van der Waals surface area contributed by atoms with Gasteiger partial charge in [-0.1, -0.05) is 76.2 Å². The Morgan fingerprint density at radius 3 is 1.89 bits per heavy atom. The summed E-state index contributed by atoms with van der Waals surface area (Å²) in [7, 11) is 0. The molecule has 3 amide bonds. The van der Waals surface area contributed by atoms with Crippen molar-refractivity contribution in [2.45, 2.75) is 20.6 Å². The summed E-state index contributed by atoms with van der Waals surface area (Å²) in [5.41, 5.74) is -0.260. The van der Waals surface area contributed by atoms with Crippen molar-refractivity contribution in [2.24, 2.45) is 11.8 Å². The number of hydrogen-bond donors (Lipinski definition) is 0. The first-order valence-corrected chi connectivity index (χ1v) is 13.3. The van der Waals surface area contributed by atoms with E-state index in [2.05, 4.69) is 0 Å². The van der Waals surface area contributed by atoms with Crippen LogP contribution >= 0.6 is 81.2 Å². The molecule has 0 spiro atoms. The number of halogens is 7. The molecule has 2 fully saturated rings. The van der Waals surface area contributed by atoms with Gasteiger partial charge in [0.1, 0.15) is 9.75 Å². The lowest BCUT2D eigenvalue weighted by Crippen LogP contribution is -2.55. The lowest BCUT2D eigenvalue weighted by molar-refractivity contribution is -0.385. The van der Waals surface area contributed by atoms with Gasteiger partial charge in [-0.05, 0) is 24.3 Å². The molecule has 2 aromatic rings. The van der Waals surface area contributed by atoms with Gasteiger partial charge in [-0.2, -0.15) is 5.01 Å². The number of rotatable bonds is 5. The average Bonchev–Trinajstić information content (AvgIpc) is 3.26. The summed E-state index contributed by atoms with van der Waals surface area (Å²) >= 11 is 45.2. The second-order valence-electron chi connectivity index (χ2n) is 8.83. The van der Waals surface area contributed by atoms with E-state index in [-0.39, 0.29) is 26.9 Å². The largest absolute Gasteiger partial charge is 0.274 e. The molecule has 198 valence electrons. The van der Waals surface area contributed by atoms with Crippen LogP contribution in [-0.4, -0.2) is 46.7 Å². The van der Waals surface area contributed by atoms with Gasteiger partial charge in [-0.15, -0.1) is 23.2 Å². The van der Waals surface area contributed by atoms with E-state index in [1.54, 1.807) is 0 Å². The first-order valence-electron chi connectivity index (χ1n) is 10.7. The molecule has 0 aromatic heterocycles. The third-order valence-electron chi connectivity index (χ3n) is 6.96. The lowest BCUT2D eigenvalue weighted by atomic mass is 9.84. The number of benzene rings is 2. The molecule has 8 nitrogen and oxygen atoms in total. The Morgan fingerprint density at radius 2 is 1.39 bits per heavy atom. The average molecular weight is 659 g/mol. The molecule has 4 atom stereocenters. The number of nitro groups is 1. The molecule has 5 rings (SSSR count). The van der Waals surface area contributed by atoms with Crippen molar-refractivity contribution in [1.82, 2.24) is 10.0 Å². The van der Waals surface area contributed by atoms with Crippen LogP contribution in [0.1, 0.15) is 15.9 Å². The van der Waals surface area contributed by atoms with Crippen LogP contribution in [0.15, 0.2) is 58.6 Å². The van der Waals surface area contributed by atoms with E-state index < -0.39 is 55.1 Å². The van der Waals surface area contributed by atoms with Crippen LogP contribution in [0, 0.1) is 22.0 Å². The topological polar surface area (TPSA) is 101 Å². The smallest absolute Gasteiger partial charge is 0.272 e. The number of imide groups is 1. The molecule has 0 N–H and O–H groups in total. The lowest BCUT2D eigenvalue weighted by Gasteiger charge is -2.37. The second-order valence-corrected chi connectivity index (χ2v) is 12.5. The van der Waals surface area contributed by atoms with Crippen LogP contribution in [0.5, 0.6) is 0 Å². The molecule has 38 heavy (non-hydrogen) atoms. The molecular formula is C23H12Cl7N3O5. The van der Waals surface area contributed by atoms with Crippen LogP contribution in [0.3, 0.4) is 0 Å². The molecule has 1 aliphatic heterocycles. The minimum atomic E-state index is -2.16. The van der Waals surface area contributed by atoms with Crippen LogP contribution in [0.25, 0.3) is 0 Å². The third kappa shape index (κ3) is 3.41. The maximum atomic E-state index is 13.9. The Morgan fingerprint density at radius 1 is 0.895 bits per heavy atom. The number of fused-ring (bicyclic) bond motifs is 5. The van der Waals surface area contributed by atoms with Crippen molar-refractivity contribution in [1.29, 1.82) is 0 Å². The van der Waals surface area contributed by atoms with Crippen molar-refractivity contribution >= 4 is 105 Å². The van der Waals surface area contributed by atoms with Gasteiger partial charge < -0.3 is 0 Å². The molecule has 3 aliphatic rings. The maximum Gasteiger partial charge on any atom is 0.274 e. The fourth-order valence-corrected chi connectivity index (χ4v) is 8.23. The zero-order valence-corrected chi connectivity index (χ0v) is 23.8. The van der Waals surface area contributed by atoms with E-state index in [1.807, 2.05) is 0 Å². The summed E-state index contributed by atoms with van der Waals surface area (Å²) in [5.74, 6) is -5.79. The number of carbonyl (C=O) groups excluding carboxylic acids is 3. The van der Waals surface area contributed by atoms with Crippen molar-refractivity contribution in [3.63, 3.8) is 0 Å². The normalized spacial score (nSPS) is 29.2. The quantitative estimate of drug-likeness (QED) is 0.164. The van der Waals surface area contributed by atoms with E-state index in [9.17, 15) is 24.5 Å². The summed E-state index contributed by atoms with van der Waals surface area (Å²) in [5, 5.41) is 12.7. The molecule has 2 aromatic carbocycles.